The minimum absolute atomic E-state index is 0.00565. The van der Waals surface area contributed by atoms with Crippen molar-refractivity contribution < 1.29 is 14.3 Å². The first-order chi connectivity index (χ1) is 9.58. The molecule has 0 aromatic heterocycles. The van der Waals surface area contributed by atoms with Crippen molar-refractivity contribution in [1.29, 1.82) is 0 Å². The van der Waals surface area contributed by atoms with Crippen LogP contribution in [0.2, 0.25) is 0 Å². The normalized spacial score (nSPS) is 18.7. The van der Waals surface area contributed by atoms with Crippen molar-refractivity contribution in [3.8, 4) is 5.75 Å². The molecule has 108 valence electrons. The van der Waals surface area contributed by atoms with Gasteiger partial charge in [0.25, 0.3) is 5.91 Å². The summed E-state index contributed by atoms with van der Waals surface area (Å²) < 4.78 is 5.50. The number of piperazine rings is 1. The molecule has 1 heterocycles. The Labute approximate surface area is 118 Å². The lowest BCUT2D eigenvalue weighted by atomic mass is 10.1. The summed E-state index contributed by atoms with van der Waals surface area (Å²) in [7, 11) is 0. The van der Waals surface area contributed by atoms with Crippen LogP contribution in [-0.4, -0.2) is 48.9 Å². The highest BCUT2D eigenvalue weighted by molar-refractivity contribution is 5.94. The van der Waals surface area contributed by atoms with Crippen molar-refractivity contribution in [3.63, 3.8) is 0 Å². The molecule has 0 unspecified atom stereocenters. The smallest absolute Gasteiger partial charge is 0.260 e. The number of ketones is 1. The van der Waals surface area contributed by atoms with Crippen molar-refractivity contribution in [2.75, 3.05) is 26.2 Å². The fourth-order valence-electron chi connectivity index (χ4n) is 2.24. The highest BCUT2D eigenvalue weighted by atomic mass is 16.5. The molecule has 1 N–H and O–H groups in total. The molecular formula is C15H20N2O3. The first kappa shape index (κ1) is 14.5. The summed E-state index contributed by atoms with van der Waals surface area (Å²) in [6.07, 6.45) is 0. The van der Waals surface area contributed by atoms with E-state index in [9.17, 15) is 9.59 Å². The Hall–Kier alpha value is -1.88. The summed E-state index contributed by atoms with van der Waals surface area (Å²) in [5.41, 5.74) is 0.588. The molecule has 1 aromatic carbocycles. The Morgan fingerprint density at radius 2 is 2.25 bits per heavy atom. The summed E-state index contributed by atoms with van der Waals surface area (Å²) in [5, 5.41) is 3.24. The molecule has 0 aliphatic carbocycles. The summed E-state index contributed by atoms with van der Waals surface area (Å²) in [4.78, 5) is 25.2. The number of amides is 1. The van der Waals surface area contributed by atoms with E-state index in [0.717, 1.165) is 13.1 Å². The molecule has 5 heteroatoms. The molecular weight excluding hydrogens is 256 g/mol. The summed E-state index contributed by atoms with van der Waals surface area (Å²) in [6, 6.07) is 7.08. The molecule has 1 aromatic rings. The molecule has 1 fully saturated rings. The number of carbonyl (C=O) groups is 2. The molecule has 5 nitrogen and oxygen atoms in total. The fraction of sp³-hybridized carbons (Fsp3) is 0.467. The fourth-order valence-corrected chi connectivity index (χ4v) is 2.24. The van der Waals surface area contributed by atoms with Crippen LogP contribution in [0.5, 0.6) is 5.75 Å². The van der Waals surface area contributed by atoms with Gasteiger partial charge in [-0.1, -0.05) is 12.1 Å². The van der Waals surface area contributed by atoms with Crippen molar-refractivity contribution >= 4 is 11.7 Å². The number of ether oxygens (including phenoxy) is 1. The average molecular weight is 276 g/mol. The zero-order valence-electron chi connectivity index (χ0n) is 11.9. The maximum atomic E-state index is 12.1. The first-order valence-corrected chi connectivity index (χ1v) is 6.82. The van der Waals surface area contributed by atoms with E-state index in [2.05, 4.69) is 5.32 Å². The summed E-state index contributed by atoms with van der Waals surface area (Å²) >= 11 is 0. The zero-order chi connectivity index (χ0) is 14.5. The van der Waals surface area contributed by atoms with Crippen LogP contribution in [-0.2, 0) is 4.79 Å². The lowest BCUT2D eigenvalue weighted by molar-refractivity contribution is -0.136. The van der Waals surface area contributed by atoms with E-state index in [0.29, 0.717) is 17.9 Å². The molecule has 2 rings (SSSR count). The monoisotopic (exact) mass is 276 g/mol. The van der Waals surface area contributed by atoms with Crippen molar-refractivity contribution in [3.05, 3.63) is 29.8 Å². The predicted molar refractivity (Wildman–Crippen MR) is 76.0 cm³/mol. The number of nitrogens with one attached hydrogen (secondary N) is 1. The van der Waals surface area contributed by atoms with Crippen LogP contribution in [0.4, 0.5) is 0 Å². The van der Waals surface area contributed by atoms with Gasteiger partial charge in [-0.25, -0.2) is 0 Å². The molecule has 0 radical (unpaired) electrons. The standard InChI is InChI=1S/C15H20N2O3/c1-11-9-16-6-7-17(11)15(19)10-20-14-5-3-4-13(8-14)12(2)18/h3-5,8,11,16H,6-7,9-10H2,1-2H3/t11-/m0/s1. The van der Waals surface area contributed by atoms with Gasteiger partial charge in [-0.15, -0.1) is 0 Å². The van der Waals surface area contributed by atoms with Gasteiger partial charge < -0.3 is 15.0 Å². The Bertz CT molecular complexity index is 502. The molecule has 1 aliphatic rings. The Morgan fingerprint density at radius 1 is 1.45 bits per heavy atom. The molecule has 0 saturated carbocycles. The molecule has 1 saturated heterocycles. The van der Waals surface area contributed by atoms with E-state index in [1.54, 1.807) is 24.3 Å². The number of nitrogens with zero attached hydrogens (tertiary/aromatic N) is 1. The predicted octanol–water partition coefficient (Wildman–Crippen LogP) is 1.09. The van der Waals surface area contributed by atoms with Gasteiger partial charge in [-0.2, -0.15) is 0 Å². The first-order valence-electron chi connectivity index (χ1n) is 6.82. The van der Waals surface area contributed by atoms with Gasteiger partial charge in [-0.3, -0.25) is 9.59 Å². The number of hydrogen-bond acceptors (Lipinski definition) is 4. The zero-order valence-corrected chi connectivity index (χ0v) is 11.9. The molecule has 1 aliphatic heterocycles. The lowest BCUT2D eigenvalue weighted by Gasteiger charge is -2.33. The molecule has 0 bridgehead atoms. The molecule has 20 heavy (non-hydrogen) atoms. The second kappa shape index (κ2) is 6.52. The van der Waals surface area contributed by atoms with Crippen LogP contribution in [0.1, 0.15) is 24.2 Å². The van der Waals surface area contributed by atoms with E-state index < -0.39 is 0 Å². The highest BCUT2D eigenvalue weighted by Crippen LogP contribution is 2.14. The van der Waals surface area contributed by atoms with Crippen LogP contribution in [0, 0.1) is 0 Å². The van der Waals surface area contributed by atoms with Crippen LogP contribution in [0.3, 0.4) is 0 Å². The highest BCUT2D eigenvalue weighted by Gasteiger charge is 2.23. The minimum atomic E-state index is -0.0211. The topological polar surface area (TPSA) is 58.6 Å². The average Bonchev–Trinajstić information content (AvgIpc) is 2.45. The van der Waals surface area contributed by atoms with Gasteiger partial charge in [0.1, 0.15) is 5.75 Å². The number of benzene rings is 1. The number of rotatable bonds is 4. The third kappa shape index (κ3) is 3.57. The van der Waals surface area contributed by atoms with Crippen LogP contribution >= 0.6 is 0 Å². The largest absolute Gasteiger partial charge is 0.484 e. The quantitative estimate of drug-likeness (QED) is 0.836. The maximum absolute atomic E-state index is 12.1. The van der Waals surface area contributed by atoms with Gasteiger partial charge >= 0.3 is 0 Å². The van der Waals surface area contributed by atoms with E-state index >= 15 is 0 Å². The maximum Gasteiger partial charge on any atom is 0.260 e. The Kier molecular flexibility index (Phi) is 4.74. The summed E-state index contributed by atoms with van der Waals surface area (Å²) in [5.74, 6) is 0.513. The molecule has 1 atom stereocenters. The number of Topliss-reactive ketones (excluding diaryl/α,β-unsaturated/α-hetero) is 1. The van der Waals surface area contributed by atoms with Gasteiger partial charge in [0.2, 0.25) is 0 Å². The number of hydrogen-bond donors (Lipinski definition) is 1. The van der Waals surface area contributed by atoms with Crippen LogP contribution < -0.4 is 10.1 Å². The third-order valence-electron chi connectivity index (χ3n) is 3.42. The second-order valence-electron chi connectivity index (χ2n) is 5.01. The summed E-state index contributed by atoms with van der Waals surface area (Å²) in [6.45, 7) is 5.86. The third-order valence-corrected chi connectivity index (χ3v) is 3.42. The Morgan fingerprint density at radius 3 is 2.95 bits per heavy atom. The van der Waals surface area contributed by atoms with Crippen LogP contribution in [0.25, 0.3) is 0 Å². The van der Waals surface area contributed by atoms with E-state index in [4.69, 9.17) is 4.74 Å². The Balaban J connectivity index is 1.92. The lowest BCUT2D eigenvalue weighted by Crippen LogP contribution is -2.53. The van der Waals surface area contributed by atoms with E-state index in [-0.39, 0.29) is 24.3 Å². The molecule has 0 spiro atoms. The second-order valence-corrected chi connectivity index (χ2v) is 5.01. The minimum Gasteiger partial charge on any atom is -0.484 e. The number of carbonyl (C=O) groups excluding carboxylic acids is 2. The van der Waals surface area contributed by atoms with Gasteiger partial charge in [0.15, 0.2) is 12.4 Å². The van der Waals surface area contributed by atoms with Crippen molar-refractivity contribution in [1.82, 2.24) is 10.2 Å². The van der Waals surface area contributed by atoms with Crippen molar-refractivity contribution in [2.24, 2.45) is 0 Å². The molecule has 1 amide bonds. The SMILES string of the molecule is CC(=O)c1cccc(OCC(=O)N2CCNC[C@@H]2C)c1. The van der Waals surface area contributed by atoms with Crippen molar-refractivity contribution in [2.45, 2.75) is 19.9 Å². The van der Waals surface area contributed by atoms with Gasteiger partial charge in [0, 0.05) is 31.2 Å². The van der Waals surface area contributed by atoms with E-state index in [1.165, 1.54) is 6.92 Å². The van der Waals surface area contributed by atoms with E-state index in [1.807, 2.05) is 11.8 Å². The van der Waals surface area contributed by atoms with Crippen LogP contribution in [0.15, 0.2) is 24.3 Å². The van der Waals surface area contributed by atoms with Gasteiger partial charge in [-0.05, 0) is 26.0 Å². The van der Waals surface area contributed by atoms with Gasteiger partial charge in [0.05, 0.1) is 0 Å².